The quantitative estimate of drug-likeness (QED) is 0.831. The molecular formula is C12H16N2O3S2. The van der Waals surface area contributed by atoms with Crippen LogP contribution in [0, 0.1) is 6.92 Å². The molecule has 5 nitrogen and oxygen atoms in total. The van der Waals surface area contributed by atoms with E-state index in [-0.39, 0.29) is 16.4 Å². The predicted molar refractivity (Wildman–Crippen MR) is 76.5 cm³/mol. The Bertz CT molecular complexity index is 569. The number of hydrogen-bond donors (Lipinski definition) is 1. The summed E-state index contributed by atoms with van der Waals surface area (Å²) in [7, 11) is -3.51. The Kier molecular flexibility index (Phi) is 4.19. The maximum Gasteiger partial charge on any atom is 0.243 e. The highest BCUT2D eigenvalue weighted by Gasteiger charge is 2.31. The lowest BCUT2D eigenvalue weighted by atomic mass is 10.2. The van der Waals surface area contributed by atoms with E-state index in [1.54, 1.807) is 24.3 Å². The second-order valence-electron chi connectivity index (χ2n) is 4.44. The molecule has 1 unspecified atom stereocenters. The van der Waals surface area contributed by atoms with Gasteiger partial charge in [-0.2, -0.15) is 4.31 Å². The van der Waals surface area contributed by atoms with Gasteiger partial charge in [-0.25, -0.2) is 8.42 Å². The Morgan fingerprint density at radius 2 is 2.05 bits per heavy atom. The van der Waals surface area contributed by atoms with Crippen molar-refractivity contribution in [1.29, 1.82) is 0 Å². The summed E-state index contributed by atoms with van der Waals surface area (Å²) in [6, 6.07) is 6.77. The lowest BCUT2D eigenvalue weighted by molar-refractivity contribution is 0.0386. The van der Waals surface area contributed by atoms with E-state index in [0.717, 1.165) is 5.56 Å². The summed E-state index contributed by atoms with van der Waals surface area (Å²) in [4.78, 5) is 0.463. The number of aryl methyl sites for hydroxylation is 1. The molecule has 0 bridgehead atoms. The molecule has 2 rings (SSSR count). The molecule has 1 atom stereocenters. The van der Waals surface area contributed by atoms with E-state index in [4.69, 9.17) is 22.7 Å². The number of nitrogens with two attached hydrogens (primary N) is 1. The number of ether oxygens (including phenoxy) is 1. The van der Waals surface area contributed by atoms with E-state index in [0.29, 0.717) is 13.2 Å². The molecule has 1 saturated heterocycles. The molecule has 1 aliphatic heterocycles. The van der Waals surface area contributed by atoms with Crippen molar-refractivity contribution in [2.45, 2.75) is 17.9 Å². The van der Waals surface area contributed by atoms with Crippen molar-refractivity contribution in [1.82, 2.24) is 4.31 Å². The molecule has 1 aromatic rings. The first-order valence-electron chi connectivity index (χ1n) is 5.89. The number of nitrogens with zero attached hydrogens (tertiary/aromatic N) is 1. The third-order valence-corrected chi connectivity index (χ3v) is 5.15. The number of hydrogen-bond acceptors (Lipinski definition) is 4. The van der Waals surface area contributed by atoms with Crippen LogP contribution in [-0.4, -0.2) is 43.5 Å². The van der Waals surface area contributed by atoms with E-state index in [2.05, 4.69) is 0 Å². The van der Waals surface area contributed by atoms with Gasteiger partial charge in [-0.05, 0) is 19.1 Å². The molecule has 19 heavy (non-hydrogen) atoms. The molecule has 0 aromatic heterocycles. The average Bonchev–Trinajstić information content (AvgIpc) is 2.39. The molecule has 104 valence electrons. The van der Waals surface area contributed by atoms with Crippen molar-refractivity contribution >= 4 is 27.2 Å². The molecule has 1 fully saturated rings. The van der Waals surface area contributed by atoms with Crippen LogP contribution in [0.4, 0.5) is 0 Å². The van der Waals surface area contributed by atoms with E-state index in [1.807, 2.05) is 6.92 Å². The molecule has 2 N–H and O–H groups in total. The van der Waals surface area contributed by atoms with Crippen molar-refractivity contribution in [3.8, 4) is 0 Å². The van der Waals surface area contributed by atoms with Gasteiger partial charge in [0.2, 0.25) is 10.0 Å². The highest BCUT2D eigenvalue weighted by Crippen LogP contribution is 2.19. The monoisotopic (exact) mass is 300 g/mol. The molecule has 0 spiro atoms. The van der Waals surface area contributed by atoms with Crippen LogP contribution in [0.15, 0.2) is 29.2 Å². The standard InChI is InChI=1S/C12H16N2O3S2/c1-9-2-4-10(5-3-9)19(15,16)14-6-7-17-11(8-14)12(13)18/h2-5,11H,6-8H2,1H3,(H2,13,18). The third kappa shape index (κ3) is 3.11. The number of thiocarbonyl (C=S) groups is 1. The summed E-state index contributed by atoms with van der Waals surface area (Å²) in [5.74, 6) is 0. The van der Waals surface area contributed by atoms with Gasteiger partial charge in [-0.1, -0.05) is 29.9 Å². The second-order valence-corrected chi connectivity index (χ2v) is 6.85. The fraction of sp³-hybridized carbons (Fsp3) is 0.417. The van der Waals surface area contributed by atoms with Gasteiger partial charge >= 0.3 is 0 Å². The maximum atomic E-state index is 12.5. The van der Waals surface area contributed by atoms with Crippen LogP contribution in [0.3, 0.4) is 0 Å². The summed E-state index contributed by atoms with van der Waals surface area (Å²) >= 11 is 4.86. The predicted octanol–water partition coefficient (Wildman–Crippen LogP) is 0.671. The van der Waals surface area contributed by atoms with Crippen molar-refractivity contribution in [2.24, 2.45) is 5.73 Å². The summed E-state index contributed by atoms with van der Waals surface area (Å²) in [5.41, 5.74) is 6.53. The highest BCUT2D eigenvalue weighted by atomic mass is 32.2. The Labute approximate surface area is 118 Å². The lowest BCUT2D eigenvalue weighted by Gasteiger charge is -2.31. The van der Waals surface area contributed by atoms with Gasteiger partial charge in [-0.3, -0.25) is 0 Å². The van der Waals surface area contributed by atoms with Gasteiger partial charge in [0.1, 0.15) is 11.1 Å². The second kappa shape index (κ2) is 5.54. The van der Waals surface area contributed by atoms with Gasteiger partial charge in [0, 0.05) is 13.1 Å². The van der Waals surface area contributed by atoms with Crippen LogP contribution in [0.5, 0.6) is 0 Å². The van der Waals surface area contributed by atoms with Gasteiger partial charge in [-0.15, -0.1) is 0 Å². The Balaban J connectivity index is 2.24. The molecule has 1 heterocycles. The van der Waals surface area contributed by atoms with Gasteiger partial charge in [0.05, 0.1) is 11.5 Å². The van der Waals surface area contributed by atoms with Crippen molar-refractivity contribution in [2.75, 3.05) is 19.7 Å². The normalized spacial score (nSPS) is 21.2. The third-order valence-electron chi connectivity index (χ3n) is 3.01. The Hall–Kier alpha value is -1.02. The summed E-state index contributed by atoms with van der Waals surface area (Å²) in [6.07, 6.45) is -0.510. The molecule has 0 aliphatic carbocycles. The molecular weight excluding hydrogens is 284 g/mol. The lowest BCUT2D eigenvalue weighted by Crippen LogP contribution is -2.49. The van der Waals surface area contributed by atoms with Crippen LogP contribution in [0.25, 0.3) is 0 Å². The van der Waals surface area contributed by atoms with Crippen LogP contribution in [0.2, 0.25) is 0 Å². The van der Waals surface area contributed by atoms with E-state index >= 15 is 0 Å². The molecule has 0 saturated carbocycles. The molecule has 0 amide bonds. The number of morpholine rings is 1. The average molecular weight is 300 g/mol. The van der Waals surface area contributed by atoms with Crippen LogP contribution >= 0.6 is 12.2 Å². The SMILES string of the molecule is Cc1ccc(S(=O)(=O)N2CCOC(C(N)=S)C2)cc1. The van der Waals surface area contributed by atoms with Crippen molar-refractivity contribution in [3.63, 3.8) is 0 Å². The zero-order valence-electron chi connectivity index (χ0n) is 10.6. The largest absolute Gasteiger partial charge is 0.391 e. The van der Waals surface area contributed by atoms with Crippen molar-refractivity contribution < 1.29 is 13.2 Å². The fourth-order valence-electron chi connectivity index (χ4n) is 1.88. The minimum absolute atomic E-state index is 0.172. The maximum absolute atomic E-state index is 12.5. The minimum Gasteiger partial charge on any atom is -0.391 e. The number of benzene rings is 1. The summed E-state index contributed by atoms with van der Waals surface area (Å²) in [6.45, 7) is 2.70. The minimum atomic E-state index is -3.51. The molecule has 7 heteroatoms. The van der Waals surface area contributed by atoms with Gasteiger partial charge in [0.25, 0.3) is 0 Å². The first-order valence-corrected chi connectivity index (χ1v) is 7.74. The molecule has 1 aromatic carbocycles. The van der Waals surface area contributed by atoms with Crippen LogP contribution in [-0.2, 0) is 14.8 Å². The molecule has 1 aliphatic rings. The summed E-state index contributed by atoms with van der Waals surface area (Å²) < 4.78 is 31.6. The van der Waals surface area contributed by atoms with Gasteiger partial charge in [0.15, 0.2) is 0 Å². The number of sulfonamides is 1. The fourth-order valence-corrected chi connectivity index (χ4v) is 3.44. The van der Waals surface area contributed by atoms with Crippen molar-refractivity contribution in [3.05, 3.63) is 29.8 Å². The Morgan fingerprint density at radius 1 is 1.42 bits per heavy atom. The first kappa shape index (κ1) is 14.4. The van der Waals surface area contributed by atoms with Gasteiger partial charge < -0.3 is 10.5 Å². The van der Waals surface area contributed by atoms with E-state index in [9.17, 15) is 8.42 Å². The zero-order chi connectivity index (χ0) is 14.0. The van der Waals surface area contributed by atoms with E-state index in [1.165, 1.54) is 4.31 Å². The topological polar surface area (TPSA) is 72.6 Å². The summed E-state index contributed by atoms with van der Waals surface area (Å²) in [5, 5.41) is 0. The number of rotatable bonds is 3. The Morgan fingerprint density at radius 3 is 2.63 bits per heavy atom. The zero-order valence-corrected chi connectivity index (χ0v) is 12.2. The van der Waals surface area contributed by atoms with E-state index < -0.39 is 16.1 Å². The van der Waals surface area contributed by atoms with Crippen LogP contribution in [0.1, 0.15) is 5.56 Å². The van der Waals surface area contributed by atoms with Crippen LogP contribution < -0.4 is 5.73 Å². The highest BCUT2D eigenvalue weighted by molar-refractivity contribution is 7.89. The first-order chi connectivity index (χ1) is 8.91. The molecule has 0 radical (unpaired) electrons. The smallest absolute Gasteiger partial charge is 0.243 e.